The molecule has 168 valence electrons. The quantitative estimate of drug-likeness (QED) is 0.442. The molecule has 1 amide bonds. The van der Waals surface area contributed by atoms with Crippen LogP contribution in [0.25, 0.3) is 16.6 Å². The molecule has 4 aromatic rings. The van der Waals surface area contributed by atoms with E-state index in [9.17, 15) is 9.59 Å². The Morgan fingerprint density at radius 2 is 1.76 bits per heavy atom. The van der Waals surface area contributed by atoms with Crippen LogP contribution in [0.1, 0.15) is 40.4 Å². The van der Waals surface area contributed by atoms with Gasteiger partial charge in [0.15, 0.2) is 4.77 Å². The summed E-state index contributed by atoms with van der Waals surface area (Å²) in [5.74, 6) is -0.0131. The molecule has 5 rings (SSSR count). The lowest BCUT2D eigenvalue weighted by Crippen LogP contribution is -2.39. The normalized spacial score (nSPS) is 14.7. The molecule has 1 aliphatic rings. The van der Waals surface area contributed by atoms with Gasteiger partial charge in [-0.15, -0.1) is 0 Å². The zero-order chi connectivity index (χ0) is 23.1. The molecule has 1 saturated heterocycles. The van der Waals surface area contributed by atoms with Gasteiger partial charge in [0.2, 0.25) is 0 Å². The van der Waals surface area contributed by atoms with Crippen LogP contribution in [0.4, 0.5) is 0 Å². The molecule has 7 heteroatoms. The topological polar surface area (TPSA) is 63.0 Å². The number of nitrogens with one attached hydrogen (secondary N) is 1. The number of likely N-dealkylation sites (tertiary alicyclic amines) is 1. The van der Waals surface area contributed by atoms with Crippen LogP contribution in [0.2, 0.25) is 0 Å². The number of rotatable bonds is 3. The summed E-state index contributed by atoms with van der Waals surface area (Å²) in [6, 6.07) is 15.5. The molecule has 2 aromatic carbocycles. The number of benzene rings is 2. The van der Waals surface area contributed by atoms with Crippen LogP contribution >= 0.6 is 12.2 Å². The fraction of sp³-hybridized carbons (Fsp3) is 0.269. The smallest absolute Gasteiger partial charge is 0.266 e. The summed E-state index contributed by atoms with van der Waals surface area (Å²) >= 11 is 5.55. The Labute approximate surface area is 197 Å². The van der Waals surface area contributed by atoms with Gasteiger partial charge in [0, 0.05) is 37.1 Å². The predicted octanol–water partition coefficient (Wildman–Crippen LogP) is 4.94. The maximum atomic E-state index is 13.3. The summed E-state index contributed by atoms with van der Waals surface area (Å²) < 4.78 is 4.07. The molecule has 0 bridgehead atoms. The highest BCUT2D eigenvalue weighted by Crippen LogP contribution is 2.24. The second-order valence-corrected chi connectivity index (χ2v) is 9.09. The highest BCUT2D eigenvalue weighted by molar-refractivity contribution is 7.71. The van der Waals surface area contributed by atoms with Crippen LogP contribution in [0, 0.1) is 18.6 Å². The second-order valence-electron chi connectivity index (χ2n) is 8.70. The van der Waals surface area contributed by atoms with Gasteiger partial charge in [0.05, 0.1) is 16.6 Å². The summed E-state index contributed by atoms with van der Waals surface area (Å²) in [5, 5.41) is 0.507. The Bertz CT molecular complexity index is 1460. The molecule has 2 aromatic heterocycles. The highest BCUT2D eigenvalue weighted by atomic mass is 32.1. The van der Waals surface area contributed by atoms with E-state index in [1.807, 2.05) is 49.1 Å². The average Bonchev–Trinajstić information content (AvgIpc) is 3.36. The van der Waals surface area contributed by atoms with Gasteiger partial charge < -0.3 is 14.5 Å². The van der Waals surface area contributed by atoms with E-state index in [1.54, 1.807) is 18.2 Å². The first kappa shape index (κ1) is 21.4. The molecular formula is C26H26N4O2S. The fourth-order valence-corrected chi connectivity index (χ4v) is 4.98. The van der Waals surface area contributed by atoms with Crippen molar-refractivity contribution in [3.63, 3.8) is 0 Å². The van der Waals surface area contributed by atoms with Crippen LogP contribution in [-0.2, 0) is 0 Å². The zero-order valence-electron chi connectivity index (χ0n) is 18.7. The lowest BCUT2D eigenvalue weighted by atomic mass is 10.0. The molecule has 1 N–H and O–H groups in total. The summed E-state index contributed by atoms with van der Waals surface area (Å²) in [7, 11) is 0. The number of aromatic nitrogens is 3. The first-order valence-corrected chi connectivity index (χ1v) is 11.6. The first-order chi connectivity index (χ1) is 15.9. The van der Waals surface area contributed by atoms with E-state index in [-0.39, 0.29) is 11.5 Å². The Morgan fingerprint density at radius 1 is 1.03 bits per heavy atom. The third kappa shape index (κ3) is 3.82. The van der Waals surface area contributed by atoms with Crippen LogP contribution in [0.15, 0.2) is 65.7 Å². The Balaban J connectivity index is 1.45. The lowest BCUT2D eigenvalue weighted by molar-refractivity contribution is 0.0695. The number of piperidine rings is 1. The van der Waals surface area contributed by atoms with E-state index in [0.717, 1.165) is 29.7 Å². The van der Waals surface area contributed by atoms with Crippen molar-refractivity contribution in [2.24, 2.45) is 0 Å². The minimum Gasteiger partial charge on any atom is -0.351 e. The molecule has 33 heavy (non-hydrogen) atoms. The molecule has 0 aliphatic carbocycles. The second kappa shape index (κ2) is 8.48. The SMILES string of the molecule is Cc1cccc(-n2c(=S)[nH]c3cc(C(=O)N4CCC(n5cccc5)CC4)ccc3c2=O)c1C. The molecule has 0 spiro atoms. The zero-order valence-corrected chi connectivity index (χ0v) is 19.6. The average molecular weight is 459 g/mol. The van der Waals surface area contributed by atoms with Crippen LogP contribution < -0.4 is 5.56 Å². The third-order valence-electron chi connectivity index (χ3n) is 6.76. The minimum absolute atomic E-state index is 0.0131. The maximum absolute atomic E-state index is 13.3. The largest absolute Gasteiger partial charge is 0.351 e. The van der Waals surface area contributed by atoms with Crippen molar-refractivity contribution in [2.75, 3.05) is 13.1 Å². The number of aryl methyl sites for hydroxylation is 1. The van der Waals surface area contributed by atoms with Crippen LogP contribution in [0.3, 0.4) is 0 Å². The van der Waals surface area contributed by atoms with Crippen molar-refractivity contribution in [3.8, 4) is 5.69 Å². The Hall–Kier alpha value is -3.45. The molecular weight excluding hydrogens is 432 g/mol. The molecule has 1 fully saturated rings. The number of hydrogen-bond acceptors (Lipinski definition) is 3. The van der Waals surface area contributed by atoms with Gasteiger partial charge in [0.1, 0.15) is 0 Å². The van der Waals surface area contributed by atoms with Crippen molar-refractivity contribution in [2.45, 2.75) is 32.7 Å². The van der Waals surface area contributed by atoms with Gasteiger partial charge in [-0.05, 0) is 86.4 Å². The molecule has 6 nitrogen and oxygen atoms in total. The maximum Gasteiger partial charge on any atom is 0.266 e. The number of carbonyl (C=O) groups excluding carboxylic acids is 1. The van der Waals surface area contributed by atoms with E-state index < -0.39 is 0 Å². The molecule has 0 unspecified atom stereocenters. The van der Waals surface area contributed by atoms with E-state index in [1.165, 1.54) is 4.57 Å². The summed E-state index contributed by atoms with van der Waals surface area (Å²) in [6.07, 6.45) is 6.02. The summed E-state index contributed by atoms with van der Waals surface area (Å²) in [6.45, 7) is 5.42. The van der Waals surface area contributed by atoms with Gasteiger partial charge in [-0.2, -0.15) is 0 Å². The molecule has 1 aliphatic heterocycles. The highest BCUT2D eigenvalue weighted by Gasteiger charge is 2.24. The van der Waals surface area contributed by atoms with Gasteiger partial charge in [0.25, 0.3) is 11.5 Å². The van der Waals surface area contributed by atoms with Crippen molar-refractivity contribution in [3.05, 3.63) is 92.7 Å². The number of nitrogens with zero attached hydrogens (tertiary/aromatic N) is 3. The van der Waals surface area contributed by atoms with Crippen molar-refractivity contribution < 1.29 is 4.79 Å². The van der Waals surface area contributed by atoms with E-state index in [2.05, 4.69) is 21.9 Å². The number of H-pyrrole nitrogens is 1. The van der Waals surface area contributed by atoms with Crippen molar-refractivity contribution in [1.82, 2.24) is 19.0 Å². The van der Waals surface area contributed by atoms with Gasteiger partial charge in [-0.3, -0.25) is 14.2 Å². The van der Waals surface area contributed by atoms with E-state index in [0.29, 0.717) is 40.4 Å². The number of amides is 1. The summed E-state index contributed by atoms with van der Waals surface area (Å²) in [4.78, 5) is 31.6. The fourth-order valence-electron chi connectivity index (χ4n) is 4.69. The van der Waals surface area contributed by atoms with Gasteiger partial charge in [-0.25, -0.2) is 0 Å². The predicted molar refractivity (Wildman–Crippen MR) is 133 cm³/mol. The number of aromatic amines is 1. The van der Waals surface area contributed by atoms with Crippen molar-refractivity contribution >= 4 is 29.0 Å². The molecule has 0 radical (unpaired) electrons. The van der Waals surface area contributed by atoms with Crippen LogP contribution in [0.5, 0.6) is 0 Å². The summed E-state index contributed by atoms with van der Waals surface area (Å²) in [5.41, 5.74) is 3.84. The Kier molecular flexibility index (Phi) is 5.50. The molecule has 0 saturated carbocycles. The number of carbonyl (C=O) groups is 1. The van der Waals surface area contributed by atoms with Crippen LogP contribution in [-0.4, -0.2) is 38.0 Å². The first-order valence-electron chi connectivity index (χ1n) is 11.2. The van der Waals surface area contributed by atoms with E-state index in [4.69, 9.17) is 12.2 Å². The monoisotopic (exact) mass is 458 g/mol. The number of hydrogen-bond donors (Lipinski definition) is 1. The molecule has 3 heterocycles. The lowest BCUT2D eigenvalue weighted by Gasteiger charge is -2.33. The number of fused-ring (bicyclic) bond motifs is 1. The Morgan fingerprint density at radius 3 is 2.48 bits per heavy atom. The minimum atomic E-state index is -0.186. The standard InChI is InChI=1S/C26H26N4O2S/c1-17-6-5-7-23(18(17)2)30-25(32)21-9-8-19(16-22(21)27-26(30)33)24(31)29-14-10-20(11-15-29)28-12-3-4-13-28/h3-9,12-13,16,20H,10-11,14-15H2,1-2H3,(H,27,33). The van der Waals surface area contributed by atoms with Gasteiger partial charge in [-0.1, -0.05) is 12.1 Å². The van der Waals surface area contributed by atoms with E-state index >= 15 is 0 Å². The van der Waals surface area contributed by atoms with Gasteiger partial charge >= 0.3 is 0 Å². The molecule has 0 atom stereocenters. The third-order valence-corrected chi connectivity index (χ3v) is 7.05. The van der Waals surface area contributed by atoms with Crippen molar-refractivity contribution in [1.29, 1.82) is 0 Å².